The minimum Gasteiger partial charge on any atom is -0.506 e. The number of hydrogen-bond acceptors (Lipinski definition) is 4. The maximum absolute atomic E-state index is 13.4. The molecule has 8 heteroatoms. The molecule has 0 atom stereocenters. The van der Waals surface area contributed by atoms with Gasteiger partial charge in [-0.25, -0.2) is 0 Å². The fourth-order valence-electron chi connectivity index (χ4n) is 3.72. The number of phenols is 1. The summed E-state index contributed by atoms with van der Waals surface area (Å²) in [6.07, 6.45) is -2.42. The number of aliphatic imine (C=N–C) groups is 1. The van der Waals surface area contributed by atoms with Crippen molar-refractivity contribution in [1.29, 1.82) is 0 Å². The molecular weight excluding hydrogens is 497 g/mol. The molecule has 1 aliphatic rings. The van der Waals surface area contributed by atoms with Gasteiger partial charge in [-0.2, -0.15) is 13.2 Å². The van der Waals surface area contributed by atoms with Crippen molar-refractivity contribution in [3.63, 3.8) is 0 Å². The van der Waals surface area contributed by atoms with Crippen LogP contribution in [0.2, 0.25) is 0 Å². The third-order valence-corrected chi connectivity index (χ3v) is 6.01. The van der Waals surface area contributed by atoms with Gasteiger partial charge in [-0.05, 0) is 63.8 Å². The van der Waals surface area contributed by atoms with Crippen molar-refractivity contribution in [2.24, 2.45) is 4.99 Å². The molecule has 172 valence electrons. The van der Waals surface area contributed by atoms with Gasteiger partial charge >= 0.3 is 6.18 Å². The standard InChI is InChI=1S/C25H22BrF3N2O2/c26-21-14-18(12-17-4-2-1-3-5-17)13-19(24(21)32)16-30-22-15-20(25(27,28)29)6-7-23(22)31-8-10-33-11-9-31/h1-7,13-16,32H,8-12H2. The summed E-state index contributed by atoms with van der Waals surface area (Å²) in [4.78, 5) is 6.34. The van der Waals surface area contributed by atoms with Gasteiger partial charge in [0.1, 0.15) is 5.75 Å². The average molecular weight is 519 g/mol. The molecule has 0 aliphatic carbocycles. The van der Waals surface area contributed by atoms with E-state index >= 15 is 0 Å². The van der Waals surface area contributed by atoms with E-state index in [1.54, 1.807) is 6.07 Å². The van der Waals surface area contributed by atoms with Gasteiger partial charge in [0.25, 0.3) is 0 Å². The lowest BCUT2D eigenvalue weighted by atomic mass is 10.0. The fourth-order valence-corrected chi connectivity index (χ4v) is 4.25. The second-order valence-electron chi connectivity index (χ2n) is 7.74. The van der Waals surface area contributed by atoms with Gasteiger partial charge in [-0.15, -0.1) is 0 Å². The summed E-state index contributed by atoms with van der Waals surface area (Å²) in [6, 6.07) is 17.0. The Balaban J connectivity index is 1.70. The zero-order chi connectivity index (χ0) is 23.4. The molecule has 0 spiro atoms. The number of rotatable bonds is 5. The number of aromatic hydroxyl groups is 1. The monoisotopic (exact) mass is 518 g/mol. The van der Waals surface area contributed by atoms with Gasteiger partial charge in [-0.3, -0.25) is 4.99 Å². The Morgan fingerprint density at radius 2 is 1.73 bits per heavy atom. The Morgan fingerprint density at radius 1 is 1.00 bits per heavy atom. The van der Waals surface area contributed by atoms with Crippen LogP contribution < -0.4 is 4.90 Å². The number of halogens is 4. The topological polar surface area (TPSA) is 45.1 Å². The Bertz CT molecular complexity index is 1140. The van der Waals surface area contributed by atoms with E-state index in [2.05, 4.69) is 20.9 Å². The molecule has 4 nitrogen and oxygen atoms in total. The molecule has 0 saturated carbocycles. The second kappa shape index (κ2) is 9.97. The average Bonchev–Trinajstić information content (AvgIpc) is 2.81. The van der Waals surface area contributed by atoms with Crippen molar-refractivity contribution in [1.82, 2.24) is 0 Å². The van der Waals surface area contributed by atoms with E-state index in [9.17, 15) is 18.3 Å². The summed E-state index contributed by atoms with van der Waals surface area (Å²) in [7, 11) is 0. The lowest BCUT2D eigenvalue weighted by molar-refractivity contribution is -0.137. The molecule has 4 rings (SSSR count). The maximum Gasteiger partial charge on any atom is 0.416 e. The van der Waals surface area contributed by atoms with Crippen LogP contribution in [-0.2, 0) is 17.3 Å². The third kappa shape index (κ3) is 5.75. The zero-order valence-electron chi connectivity index (χ0n) is 17.6. The minimum absolute atomic E-state index is 0.0181. The van der Waals surface area contributed by atoms with Crippen molar-refractivity contribution in [2.75, 3.05) is 31.2 Å². The molecule has 1 aliphatic heterocycles. The van der Waals surface area contributed by atoms with E-state index < -0.39 is 11.7 Å². The van der Waals surface area contributed by atoms with Crippen LogP contribution in [0.3, 0.4) is 0 Å². The number of nitrogens with zero attached hydrogens (tertiary/aromatic N) is 2. The zero-order valence-corrected chi connectivity index (χ0v) is 19.2. The molecule has 1 fully saturated rings. The van der Waals surface area contributed by atoms with E-state index in [1.807, 2.05) is 41.3 Å². The van der Waals surface area contributed by atoms with E-state index in [1.165, 1.54) is 12.3 Å². The van der Waals surface area contributed by atoms with Gasteiger partial charge in [0, 0.05) is 24.9 Å². The number of phenolic OH excluding ortho intramolecular Hbond substituents is 1. The highest BCUT2D eigenvalue weighted by atomic mass is 79.9. The first-order chi connectivity index (χ1) is 15.8. The van der Waals surface area contributed by atoms with Crippen LogP contribution in [0, 0.1) is 0 Å². The summed E-state index contributed by atoms with van der Waals surface area (Å²) in [6.45, 7) is 2.13. The van der Waals surface area contributed by atoms with Crippen molar-refractivity contribution in [3.8, 4) is 5.75 Å². The molecule has 0 unspecified atom stereocenters. The first kappa shape index (κ1) is 23.3. The van der Waals surface area contributed by atoms with Crippen molar-refractivity contribution < 1.29 is 23.0 Å². The molecule has 0 bridgehead atoms. The highest BCUT2D eigenvalue weighted by Crippen LogP contribution is 2.37. The fraction of sp³-hybridized carbons (Fsp3) is 0.240. The lowest BCUT2D eigenvalue weighted by Crippen LogP contribution is -2.36. The van der Waals surface area contributed by atoms with Crippen molar-refractivity contribution in [2.45, 2.75) is 12.6 Å². The minimum atomic E-state index is -4.48. The molecule has 1 saturated heterocycles. The van der Waals surface area contributed by atoms with Crippen LogP contribution in [-0.4, -0.2) is 37.6 Å². The predicted octanol–water partition coefficient (Wildman–Crippen LogP) is 6.35. The summed E-state index contributed by atoms with van der Waals surface area (Å²) >= 11 is 3.37. The number of ether oxygens (including phenoxy) is 1. The van der Waals surface area contributed by atoms with Crippen LogP contribution in [0.4, 0.5) is 24.5 Å². The van der Waals surface area contributed by atoms with Gasteiger partial charge in [0.15, 0.2) is 0 Å². The summed E-state index contributed by atoms with van der Waals surface area (Å²) < 4.78 is 45.9. The first-order valence-electron chi connectivity index (χ1n) is 10.4. The number of alkyl halides is 3. The lowest BCUT2D eigenvalue weighted by Gasteiger charge is -2.30. The van der Waals surface area contributed by atoms with E-state index in [0.29, 0.717) is 48.4 Å². The molecule has 0 amide bonds. The Labute approximate surface area is 198 Å². The van der Waals surface area contributed by atoms with Gasteiger partial charge < -0.3 is 14.7 Å². The predicted molar refractivity (Wildman–Crippen MR) is 127 cm³/mol. The van der Waals surface area contributed by atoms with Crippen molar-refractivity contribution in [3.05, 3.63) is 87.4 Å². The Kier molecular flexibility index (Phi) is 7.05. The van der Waals surface area contributed by atoms with Crippen LogP contribution in [0.15, 0.2) is 70.1 Å². The Hall–Kier alpha value is -2.84. The number of anilines is 1. The van der Waals surface area contributed by atoms with Gasteiger partial charge in [0.05, 0.1) is 34.6 Å². The molecular formula is C25H22BrF3N2O2. The second-order valence-corrected chi connectivity index (χ2v) is 8.59. The smallest absolute Gasteiger partial charge is 0.416 e. The first-order valence-corrected chi connectivity index (χ1v) is 11.2. The van der Waals surface area contributed by atoms with Crippen LogP contribution in [0.1, 0.15) is 22.3 Å². The number of benzene rings is 3. The Morgan fingerprint density at radius 3 is 2.42 bits per heavy atom. The van der Waals surface area contributed by atoms with E-state index in [0.717, 1.165) is 23.3 Å². The molecule has 0 radical (unpaired) electrons. The summed E-state index contributed by atoms with van der Waals surface area (Å²) in [5.41, 5.74) is 2.48. The normalized spacial score (nSPS) is 14.7. The molecule has 1 heterocycles. The van der Waals surface area contributed by atoms with Crippen molar-refractivity contribution >= 4 is 33.5 Å². The number of hydrogen-bond donors (Lipinski definition) is 1. The molecule has 3 aromatic rings. The van der Waals surface area contributed by atoms with E-state index in [4.69, 9.17) is 4.74 Å². The highest BCUT2D eigenvalue weighted by molar-refractivity contribution is 9.10. The third-order valence-electron chi connectivity index (χ3n) is 5.40. The summed E-state index contributed by atoms with van der Waals surface area (Å²) in [5.74, 6) is -0.0181. The molecule has 1 N–H and O–H groups in total. The maximum atomic E-state index is 13.4. The van der Waals surface area contributed by atoms with Crippen LogP contribution in [0.5, 0.6) is 5.75 Å². The molecule has 0 aromatic heterocycles. The SMILES string of the molecule is Oc1c(Br)cc(Cc2ccccc2)cc1C=Nc1cc(C(F)(F)F)ccc1N1CCOCC1. The largest absolute Gasteiger partial charge is 0.506 e. The van der Waals surface area contributed by atoms with Gasteiger partial charge in [0.2, 0.25) is 0 Å². The number of morpholine rings is 1. The van der Waals surface area contributed by atoms with Gasteiger partial charge in [-0.1, -0.05) is 30.3 Å². The van der Waals surface area contributed by atoms with E-state index in [-0.39, 0.29) is 11.4 Å². The quantitative estimate of drug-likeness (QED) is 0.400. The summed E-state index contributed by atoms with van der Waals surface area (Å²) in [5, 5.41) is 10.5. The van der Waals surface area contributed by atoms with Crippen LogP contribution >= 0.6 is 15.9 Å². The highest BCUT2D eigenvalue weighted by Gasteiger charge is 2.31. The molecule has 33 heavy (non-hydrogen) atoms. The van der Waals surface area contributed by atoms with Crippen LogP contribution in [0.25, 0.3) is 0 Å². The molecule has 3 aromatic carbocycles.